The fourth-order valence-corrected chi connectivity index (χ4v) is 3.30. The number of hydrogen-bond donors (Lipinski definition) is 1. The van der Waals surface area contributed by atoms with Crippen LogP contribution >= 0.6 is 0 Å². The molecule has 1 aromatic heterocycles. The number of nitrogens with one attached hydrogen (secondary N) is 1. The van der Waals surface area contributed by atoms with Gasteiger partial charge in [-0.3, -0.25) is 14.2 Å². The van der Waals surface area contributed by atoms with Gasteiger partial charge in [0.2, 0.25) is 11.6 Å². The zero-order valence-corrected chi connectivity index (χ0v) is 16.2. The molecule has 5 nitrogen and oxygen atoms in total. The lowest BCUT2D eigenvalue weighted by Crippen LogP contribution is -2.37. The number of rotatable bonds is 4. The Morgan fingerprint density at radius 1 is 1.17 bits per heavy atom. The van der Waals surface area contributed by atoms with Crippen LogP contribution in [0.4, 0.5) is 18.9 Å². The summed E-state index contributed by atoms with van der Waals surface area (Å²) in [5.41, 5.74) is -0.325. The van der Waals surface area contributed by atoms with Gasteiger partial charge in [-0.25, -0.2) is 4.98 Å². The first-order valence-corrected chi connectivity index (χ1v) is 9.10. The van der Waals surface area contributed by atoms with E-state index in [4.69, 9.17) is 0 Å². The summed E-state index contributed by atoms with van der Waals surface area (Å²) in [4.78, 5) is 29.2. The topological polar surface area (TPSA) is 64.0 Å². The highest BCUT2D eigenvalue weighted by Crippen LogP contribution is 2.28. The van der Waals surface area contributed by atoms with Crippen molar-refractivity contribution >= 4 is 22.6 Å². The summed E-state index contributed by atoms with van der Waals surface area (Å²) in [6.45, 7) is 5.37. The quantitative estimate of drug-likeness (QED) is 0.691. The number of fused-ring (bicyclic) bond motifs is 1. The van der Waals surface area contributed by atoms with Crippen molar-refractivity contribution in [2.75, 3.05) is 5.32 Å². The van der Waals surface area contributed by atoms with Gasteiger partial charge in [0.1, 0.15) is 6.04 Å². The number of halogens is 3. The summed E-state index contributed by atoms with van der Waals surface area (Å²) < 4.78 is 41.1. The van der Waals surface area contributed by atoms with Crippen molar-refractivity contribution in [1.29, 1.82) is 0 Å². The second kappa shape index (κ2) is 7.69. The predicted octanol–water partition coefficient (Wildman–Crippen LogP) is 4.62. The Labute approximate surface area is 165 Å². The van der Waals surface area contributed by atoms with Gasteiger partial charge in [-0.15, -0.1) is 0 Å². The molecule has 1 heterocycles. The van der Waals surface area contributed by atoms with Gasteiger partial charge < -0.3 is 5.32 Å². The smallest absolute Gasteiger partial charge is 0.324 e. The Morgan fingerprint density at radius 3 is 2.48 bits per heavy atom. The molecule has 1 atom stereocenters. The Balaban J connectivity index is 2.14. The molecule has 0 saturated carbocycles. The van der Waals surface area contributed by atoms with Crippen LogP contribution in [0.3, 0.4) is 0 Å². The number of aryl methyl sites for hydroxylation is 2. The molecule has 0 aliphatic carbocycles. The van der Waals surface area contributed by atoms with E-state index >= 15 is 0 Å². The van der Waals surface area contributed by atoms with Crippen LogP contribution in [0.15, 0.2) is 47.3 Å². The van der Waals surface area contributed by atoms with Crippen molar-refractivity contribution in [3.05, 3.63) is 69.6 Å². The van der Waals surface area contributed by atoms with Gasteiger partial charge >= 0.3 is 6.18 Å². The highest BCUT2D eigenvalue weighted by molar-refractivity contribution is 5.95. The maximum Gasteiger partial charge on any atom is 0.438 e. The minimum absolute atomic E-state index is 0.00260. The molecule has 2 aromatic carbocycles. The number of carbonyl (C=O) groups is 1. The van der Waals surface area contributed by atoms with E-state index in [0.717, 1.165) is 15.7 Å². The van der Waals surface area contributed by atoms with Gasteiger partial charge in [-0.05, 0) is 44.0 Å². The fraction of sp³-hybridized carbons (Fsp3) is 0.286. The Bertz CT molecular complexity index is 1140. The lowest BCUT2D eigenvalue weighted by molar-refractivity contribution is -0.142. The minimum atomic E-state index is -4.93. The molecule has 0 spiro atoms. The largest absolute Gasteiger partial charge is 0.438 e. The average molecular weight is 403 g/mol. The number of benzene rings is 2. The molecule has 3 aromatic rings. The first-order chi connectivity index (χ1) is 13.6. The highest BCUT2D eigenvalue weighted by atomic mass is 19.4. The molecule has 3 rings (SSSR count). The van der Waals surface area contributed by atoms with E-state index in [0.29, 0.717) is 5.69 Å². The fourth-order valence-electron chi connectivity index (χ4n) is 3.30. The molecule has 0 unspecified atom stereocenters. The normalized spacial score (nSPS) is 12.8. The maximum atomic E-state index is 13.4. The van der Waals surface area contributed by atoms with Crippen LogP contribution in [0.25, 0.3) is 11.0 Å². The van der Waals surface area contributed by atoms with Gasteiger partial charge in [0.05, 0.1) is 11.0 Å². The SMILES string of the molecule is CC[C@H](C(=O)Nc1ccc(C)cc1C)n1c(=O)c(C(F)(F)F)nc2ccccc21. The number of alkyl halides is 3. The van der Waals surface area contributed by atoms with Crippen LogP contribution < -0.4 is 10.9 Å². The van der Waals surface area contributed by atoms with Crippen molar-refractivity contribution in [2.24, 2.45) is 0 Å². The second-order valence-corrected chi connectivity index (χ2v) is 6.85. The molecule has 0 aliphatic heterocycles. The predicted molar refractivity (Wildman–Crippen MR) is 105 cm³/mol. The third-order valence-corrected chi connectivity index (χ3v) is 4.70. The first kappa shape index (κ1) is 20.6. The van der Waals surface area contributed by atoms with Crippen molar-refractivity contribution in [3.63, 3.8) is 0 Å². The molecule has 152 valence electrons. The maximum absolute atomic E-state index is 13.4. The Morgan fingerprint density at radius 2 is 1.86 bits per heavy atom. The second-order valence-electron chi connectivity index (χ2n) is 6.85. The number of aromatic nitrogens is 2. The van der Waals surface area contributed by atoms with Crippen molar-refractivity contribution in [3.8, 4) is 0 Å². The van der Waals surface area contributed by atoms with E-state index in [9.17, 15) is 22.8 Å². The number of hydrogen-bond acceptors (Lipinski definition) is 3. The summed E-state index contributed by atoms with van der Waals surface area (Å²) in [6.07, 6.45) is -4.80. The van der Waals surface area contributed by atoms with Gasteiger partial charge in [0, 0.05) is 5.69 Å². The van der Waals surface area contributed by atoms with E-state index in [-0.39, 0.29) is 17.5 Å². The van der Waals surface area contributed by atoms with E-state index in [1.165, 1.54) is 18.2 Å². The zero-order chi connectivity index (χ0) is 21.3. The molecular formula is C21H20F3N3O2. The van der Waals surface area contributed by atoms with Crippen molar-refractivity contribution < 1.29 is 18.0 Å². The number of amides is 1. The van der Waals surface area contributed by atoms with Gasteiger partial charge in [-0.2, -0.15) is 13.2 Å². The Kier molecular flexibility index (Phi) is 5.46. The van der Waals surface area contributed by atoms with Crippen molar-refractivity contribution in [1.82, 2.24) is 9.55 Å². The molecule has 1 N–H and O–H groups in total. The zero-order valence-electron chi connectivity index (χ0n) is 16.2. The lowest BCUT2D eigenvalue weighted by atomic mass is 10.1. The summed E-state index contributed by atoms with van der Waals surface area (Å²) in [5.74, 6) is -0.564. The molecule has 1 amide bonds. The molecular weight excluding hydrogens is 383 g/mol. The Hall–Kier alpha value is -3.16. The van der Waals surface area contributed by atoms with E-state index in [1.54, 1.807) is 19.1 Å². The first-order valence-electron chi connectivity index (χ1n) is 9.10. The molecule has 29 heavy (non-hydrogen) atoms. The number of para-hydroxylation sites is 2. The molecule has 8 heteroatoms. The lowest BCUT2D eigenvalue weighted by Gasteiger charge is -2.22. The summed E-state index contributed by atoms with van der Waals surface area (Å²) in [6, 6.07) is 10.3. The monoisotopic (exact) mass is 403 g/mol. The molecule has 0 saturated heterocycles. The van der Waals surface area contributed by atoms with E-state index in [2.05, 4.69) is 10.3 Å². The van der Waals surface area contributed by atoms with E-state index in [1.807, 2.05) is 26.0 Å². The molecule has 0 radical (unpaired) electrons. The van der Waals surface area contributed by atoms with Crippen LogP contribution in [0.5, 0.6) is 0 Å². The van der Waals surface area contributed by atoms with Gasteiger partial charge in [-0.1, -0.05) is 36.8 Å². The number of nitrogens with zero attached hydrogens (tertiary/aromatic N) is 2. The van der Waals surface area contributed by atoms with Crippen LogP contribution in [0.1, 0.15) is 36.2 Å². The molecule has 0 bridgehead atoms. The standard InChI is InChI=1S/C21H20F3N3O2/c1-4-16(19(28)26-14-10-9-12(2)11-13(14)3)27-17-8-6-5-7-15(17)25-18(20(27)29)21(22,23)24/h5-11,16H,4H2,1-3H3,(H,26,28)/t16-/m1/s1. The number of anilines is 1. The third kappa shape index (κ3) is 4.01. The minimum Gasteiger partial charge on any atom is -0.324 e. The molecule has 0 fully saturated rings. The summed E-state index contributed by atoms with van der Waals surface area (Å²) >= 11 is 0. The van der Waals surface area contributed by atoms with Gasteiger partial charge in [0.25, 0.3) is 5.56 Å². The van der Waals surface area contributed by atoms with Crippen LogP contribution in [-0.2, 0) is 11.0 Å². The van der Waals surface area contributed by atoms with Crippen LogP contribution in [0, 0.1) is 13.8 Å². The van der Waals surface area contributed by atoms with Crippen LogP contribution in [-0.4, -0.2) is 15.5 Å². The van der Waals surface area contributed by atoms with E-state index < -0.39 is 29.4 Å². The molecule has 0 aliphatic rings. The van der Waals surface area contributed by atoms with Crippen LogP contribution in [0.2, 0.25) is 0 Å². The summed E-state index contributed by atoms with van der Waals surface area (Å²) in [5, 5.41) is 2.74. The summed E-state index contributed by atoms with van der Waals surface area (Å²) in [7, 11) is 0. The number of carbonyl (C=O) groups excluding carboxylic acids is 1. The average Bonchev–Trinajstić information content (AvgIpc) is 2.65. The van der Waals surface area contributed by atoms with Gasteiger partial charge in [0.15, 0.2) is 0 Å². The van der Waals surface area contributed by atoms with Crippen molar-refractivity contribution in [2.45, 2.75) is 39.4 Å². The third-order valence-electron chi connectivity index (χ3n) is 4.70. The highest BCUT2D eigenvalue weighted by Gasteiger charge is 2.38.